The number of hydrogen-bond donors (Lipinski definition) is 0. The van der Waals surface area contributed by atoms with Crippen LogP contribution in [0.25, 0.3) is 38.3 Å². The van der Waals surface area contributed by atoms with Crippen molar-refractivity contribution in [2.24, 2.45) is 0 Å². The normalized spacial score (nSPS) is 12.6. The van der Waals surface area contributed by atoms with Gasteiger partial charge < -0.3 is 4.18 Å². The number of alkyl halides is 3. The first-order valence-corrected chi connectivity index (χ1v) is 10.7. The van der Waals surface area contributed by atoms with Crippen molar-refractivity contribution in [2.75, 3.05) is 0 Å². The summed E-state index contributed by atoms with van der Waals surface area (Å²) in [6.07, 6.45) is 0. The first-order valence-electron chi connectivity index (χ1n) is 9.29. The third-order valence-corrected chi connectivity index (χ3v) is 6.09. The minimum absolute atomic E-state index is 0.426. The quantitative estimate of drug-likeness (QED) is 0.250. The van der Waals surface area contributed by atoms with Gasteiger partial charge >= 0.3 is 15.6 Å². The lowest BCUT2D eigenvalue weighted by molar-refractivity contribution is -0.0501. The molecule has 0 atom stereocenters. The highest BCUT2D eigenvalue weighted by molar-refractivity contribution is 7.87. The van der Waals surface area contributed by atoms with Crippen LogP contribution < -0.4 is 4.18 Å². The van der Waals surface area contributed by atoms with Gasteiger partial charge in [-0.3, -0.25) is 4.40 Å². The molecule has 2 aromatic heterocycles. The van der Waals surface area contributed by atoms with Crippen LogP contribution in [0.5, 0.6) is 5.88 Å². The Morgan fingerprint density at radius 3 is 2.10 bits per heavy atom. The Bertz CT molecular complexity index is 1560. The van der Waals surface area contributed by atoms with Crippen LogP contribution in [-0.4, -0.2) is 18.3 Å². The molecular weight excluding hydrogens is 427 g/mol. The van der Waals surface area contributed by atoms with Crippen molar-refractivity contribution in [2.45, 2.75) is 5.51 Å². The number of rotatable bonds is 3. The van der Waals surface area contributed by atoms with E-state index >= 15 is 0 Å². The molecule has 0 amide bonds. The van der Waals surface area contributed by atoms with E-state index in [0.717, 1.165) is 21.9 Å². The average molecular weight is 441 g/mol. The topological polar surface area (TPSA) is 47.8 Å². The van der Waals surface area contributed by atoms with E-state index in [-0.39, 0.29) is 0 Å². The van der Waals surface area contributed by atoms with Gasteiger partial charge in [0.15, 0.2) is 0 Å². The van der Waals surface area contributed by atoms with Crippen LogP contribution in [0, 0.1) is 0 Å². The molecule has 31 heavy (non-hydrogen) atoms. The predicted octanol–water partition coefficient (Wildman–Crippen LogP) is 6.14. The third-order valence-electron chi connectivity index (χ3n) is 5.13. The Morgan fingerprint density at radius 2 is 1.39 bits per heavy atom. The zero-order valence-electron chi connectivity index (χ0n) is 15.8. The fourth-order valence-corrected chi connectivity index (χ4v) is 4.32. The first-order chi connectivity index (χ1) is 14.8. The maximum atomic E-state index is 13.1. The summed E-state index contributed by atoms with van der Waals surface area (Å²) >= 11 is 0. The predicted molar refractivity (Wildman–Crippen MR) is 113 cm³/mol. The number of nitrogens with zero attached hydrogens (tertiary/aromatic N) is 1. The highest BCUT2D eigenvalue weighted by atomic mass is 32.2. The second-order valence-electron chi connectivity index (χ2n) is 7.00. The summed E-state index contributed by atoms with van der Waals surface area (Å²) in [5.41, 5.74) is -2.81. The fourth-order valence-electron chi connectivity index (χ4n) is 3.88. The average Bonchev–Trinajstić information content (AvgIpc) is 3.09. The molecule has 0 aliphatic rings. The van der Waals surface area contributed by atoms with Crippen molar-refractivity contribution in [3.8, 4) is 17.0 Å². The van der Waals surface area contributed by atoms with E-state index in [4.69, 9.17) is 0 Å². The van der Waals surface area contributed by atoms with Gasteiger partial charge in [-0.1, -0.05) is 72.8 Å². The molecule has 0 bridgehead atoms. The van der Waals surface area contributed by atoms with Gasteiger partial charge in [-0.05, 0) is 17.0 Å². The van der Waals surface area contributed by atoms with Gasteiger partial charge in [-0.2, -0.15) is 21.6 Å². The Hall–Kier alpha value is -3.52. The molecule has 156 valence electrons. The van der Waals surface area contributed by atoms with Crippen LogP contribution >= 0.6 is 0 Å². The second-order valence-corrected chi connectivity index (χ2v) is 8.53. The molecule has 5 rings (SSSR count). The number of benzene rings is 3. The summed E-state index contributed by atoms with van der Waals surface area (Å²) in [4.78, 5) is 0. The lowest BCUT2D eigenvalue weighted by Crippen LogP contribution is -2.28. The fraction of sp³-hybridized carbons (Fsp3) is 0.0435. The Kier molecular flexibility index (Phi) is 4.23. The highest BCUT2D eigenvalue weighted by Crippen LogP contribution is 2.42. The number of hydrogen-bond acceptors (Lipinski definition) is 3. The standard InChI is InChI=1S/C23H14F3NO3S/c24-23(25,26)31(28,29)30-20-14-16-10-4-5-11-17(16)22-21(15-8-2-1-3-9-15)18-12-6-7-13-19(18)27(20)22/h1-14H. The van der Waals surface area contributed by atoms with Gasteiger partial charge in [0.05, 0.1) is 11.0 Å². The summed E-state index contributed by atoms with van der Waals surface area (Å²) in [6.45, 7) is 0. The molecule has 0 radical (unpaired) electrons. The largest absolute Gasteiger partial charge is 0.534 e. The molecule has 2 heterocycles. The van der Waals surface area contributed by atoms with Crippen LogP contribution in [0.3, 0.4) is 0 Å². The van der Waals surface area contributed by atoms with Crippen molar-refractivity contribution < 1.29 is 25.8 Å². The SMILES string of the molecule is O=S(=O)(Oc1cc2ccccc2c2c(-c3ccccc3)c3ccccc3n12)C(F)(F)F. The first kappa shape index (κ1) is 19.4. The molecule has 0 saturated heterocycles. The van der Waals surface area contributed by atoms with Crippen LogP contribution in [0.4, 0.5) is 13.2 Å². The Morgan fingerprint density at radius 1 is 0.774 bits per heavy atom. The number of para-hydroxylation sites is 1. The van der Waals surface area contributed by atoms with Crippen LogP contribution in [0.2, 0.25) is 0 Å². The van der Waals surface area contributed by atoms with Crippen molar-refractivity contribution >= 4 is 37.3 Å². The van der Waals surface area contributed by atoms with Crippen molar-refractivity contribution in [3.63, 3.8) is 0 Å². The minimum Gasteiger partial charge on any atom is -0.357 e. The minimum atomic E-state index is -5.86. The molecule has 0 spiro atoms. The zero-order valence-corrected chi connectivity index (χ0v) is 16.6. The molecule has 4 nitrogen and oxygen atoms in total. The van der Waals surface area contributed by atoms with Gasteiger partial charge in [0.2, 0.25) is 5.88 Å². The molecule has 0 aliphatic heterocycles. The van der Waals surface area contributed by atoms with E-state index in [1.807, 2.05) is 54.6 Å². The summed E-state index contributed by atoms with van der Waals surface area (Å²) in [5, 5.41) is 2.08. The van der Waals surface area contributed by atoms with Gasteiger partial charge in [0.1, 0.15) is 0 Å². The molecule has 5 aromatic rings. The lowest BCUT2D eigenvalue weighted by Gasteiger charge is -2.14. The molecule has 8 heteroatoms. The number of halogens is 3. The summed E-state index contributed by atoms with van der Waals surface area (Å²) in [5.74, 6) is -0.426. The van der Waals surface area contributed by atoms with E-state index < -0.39 is 21.5 Å². The van der Waals surface area contributed by atoms with Crippen LogP contribution in [-0.2, 0) is 10.1 Å². The van der Waals surface area contributed by atoms with Gasteiger partial charge in [0, 0.05) is 22.4 Å². The zero-order chi connectivity index (χ0) is 21.8. The number of aromatic nitrogens is 1. The van der Waals surface area contributed by atoms with Gasteiger partial charge in [-0.15, -0.1) is 0 Å². The molecular formula is C23H14F3NO3S. The maximum Gasteiger partial charge on any atom is 0.534 e. The highest BCUT2D eigenvalue weighted by Gasteiger charge is 2.49. The van der Waals surface area contributed by atoms with Crippen LogP contribution in [0.1, 0.15) is 0 Å². The van der Waals surface area contributed by atoms with Gasteiger partial charge in [0.25, 0.3) is 0 Å². The number of pyridine rings is 1. The molecule has 0 unspecified atom stereocenters. The monoisotopic (exact) mass is 441 g/mol. The smallest absolute Gasteiger partial charge is 0.357 e. The van der Waals surface area contributed by atoms with Crippen molar-refractivity contribution in [3.05, 3.63) is 84.9 Å². The molecule has 0 fully saturated rings. The van der Waals surface area contributed by atoms with Gasteiger partial charge in [-0.25, -0.2) is 0 Å². The third kappa shape index (κ3) is 3.02. The second kappa shape index (κ2) is 6.75. The molecule has 0 N–H and O–H groups in total. The molecule has 0 saturated carbocycles. The number of fused-ring (bicyclic) bond motifs is 5. The van der Waals surface area contributed by atoms with Crippen molar-refractivity contribution in [1.82, 2.24) is 4.40 Å². The molecule has 3 aromatic carbocycles. The summed E-state index contributed by atoms with van der Waals surface area (Å²) < 4.78 is 69.1. The maximum absolute atomic E-state index is 13.1. The van der Waals surface area contributed by atoms with Crippen molar-refractivity contribution in [1.29, 1.82) is 0 Å². The van der Waals surface area contributed by atoms with E-state index in [1.54, 1.807) is 24.3 Å². The van der Waals surface area contributed by atoms with Crippen LogP contribution in [0.15, 0.2) is 84.9 Å². The van der Waals surface area contributed by atoms with E-state index in [9.17, 15) is 21.6 Å². The Labute approximate surface area is 175 Å². The van der Waals surface area contributed by atoms with E-state index in [2.05, 4.69) is 4.18 Å². The summed E-state index contributed by atoms with van der Waals surface area (Å²) in [7, 11) is -5.86. The van der Waals surface area contributed by atoms with E-state index in [1.165, 1.54) is 10.5 Å². The Balaban J connectivity index is 1.99. The lowest BCUT2D eigenvalue weighted by atomic mass is 10.0. The summed E-state index contributed by atoms with van der Waals surface area (Å²) in [6, 6.07) is 24.9. The van der Waals surface area contributed by atoms with E-state index in [0.29, 0.717) is 16.4 Å². The molecule has 0 aliphatic carbocycles.